The summed E-state index contributed by atoms with van der Waals surface area (Å²) in [6.07, 6.45) is 4.33. The molecule has 2 rings (SSSR count). The van der Waals surface area contributed by atoms with Crippen LogP contribution in [0.5, 0.6) is 0 Å². The zero-order valence-electron chi connectivity index (χ0n) is 11.5. The third kappa shape index (κ3) is 2.46. The molecule has 1 aromatic carbocycles. The SMILES string of the molecule is CCCCCC(=O)c1c(C=O)c2ccccc2n1C. The number of carbonyl (C=O) groups is 2. The van der Waals surface area contributed by atoms with E-state index < -0.39 is 0 Å². The first kappa shape index (κ1) is 13.5. The Morgan fingerprint density at radius 3 is 2.68 bits per heavy atom. The predicted octanol–water partition coefficient (Wildman–Crippen LogP) is 3.75. The van der Waals surface area contributed by atoms with Crippen LogP contribution in [-0.4, -0.2) is 16.6 Å². The number of carbonyl (C=O) groups excluding carboxylic acids is 2. The Morgan fingerprint density at radius 2 is 2.00 bits per heavy atom. The van der Waals surface area contributed by atoms with E-state index in [1.54, 1.807) is 0 Å². The third-order valence-corrected chi connectivity index (χ3v) is 3.54. The summed E-state index contributed by atoms with van der Waals surface area (Å²) in [5, 5.41) is 0.860. The maximum absolute atomic E-state index is 12.3. The van der Waals surface area contributed by atoms with Gasteiger partial charge in [-0.3, -0.25) is 9.59 Å². The molecule has 100 valence electrons. The van der Waals surface area contributed by atoms with Gasteiger partial charge in [-0.25, -0.2) is 0 Å². The molecule has 0 aliphatic carbocycles. The van der Waals surface area contributed by atoms with E-state index >= 15 is 0 Å². The molecule has 0 spiro atoms. The second-order valence-electron chi connectivity index (χ2n) is 4.84. The number of Topliss-reactive ketones (excluding diaryl/α,β-unsaturated/α-hetero) is 1. The second-order valence-corrected chi connectivity index (χ2v) is 4.84. The van der Waals surface area contributed by atoms with E-state index in [9.17, 15) is 9.59 Å². The molecule has 1 heterocycles. The summed E-state index contributed by atoms with van der Waals surface area (Å²) >= 11 is 0. The lowest BCUT2D eigenvalue weighted by atomic mass is 10.1. The maximum Gasteiger partial charge on any atom is 0.179 e. The van der Waals surface area contributed by atoms with Gasteiger partial charge in [-0.1, -0.05) is 38.0 Å². The van der Waals surface area contributed by atoms with E-state index in [-0.39, 0.29) is 5.78 Å². The van der Waals surface area contributed by atoms with Crippen LogP contribution in [0.3, 0.4) is 0 Å². The molecule has 0 fully saturated rings. The van der Waals surface area contributed by atoms with Gasteiger partial charge >= 0.3 is 0 Å². The van der Waals surface area contributed by atoms with Crippen LogP contribution in [0.15, 0.2) is 24.3 Å². The minimum Gasteiger partial charge on any atom is -0.341 e. The highest BCUT2D eigenvalue weighted by Crippen LogP contribution is 2.25. The molecule has 0 aliphatic heterocycles. The Bertz CT molecular complexity index is 610. The van der Waals surface area contributed by atoms with Crippen LogP contribution < -0.4 is 0 Å². The molecular weight excluding hydrogens is 238 g/mol. The molecule has 0 aliphatic rings. The first-order valence-electron chi connectivity index (χ1n) is 6.76. The topological polar surface area (TPSA) is 39.1 Å². The monoisotopic (exact) mass is 257 g/mol. The molecule has 0 bridgehead atoms. The number of hydrogen-bond donors (Lipinski definition) is 0. The van der Waals surface area contributed by atoms with Crippen LogP contribution in [0.25, 0.3) is 10.9 Å². The number of fused-ring (bicyclic) bond motifs is 1. The molecule has 0 amide bonds. The van der Waals surface area contributed by atoms with Crippen LogP contribution in [0.1, 0.15) is 53.5 Å². The fraction of sp³-hybridized carbons (Fsp3) is 0.375. The smallest absolute Gasteiger partial charge is 0.179 e. The number of aromatic nitrogens is 1. The largest absolute Gasteiger partial charge is 0.341 e. The Kier molecular flexibility index (Phi) is 4.15. The van der Waals surface area contributed by atoms with Crippen molar-refractivity contribution >= 4 is 23.0 Å². The van der Waals surface area contributed by atoms with Crippen LogP contribution >= 0.6 is 0 Å². The molecule has 1 aromatic heterocycles. The molecule has 2 aromatic rings. The lowest BCUT2D eigenvalue weighted by Crippen LogP contribution is -2.08. The standard InChI is InChI=1S/C16H19NO2/c1-3-4-5-10-15(19)16-13(11-18)12-8-6-7-9-14(12)17(16)2/h6-9,11H,3-5,10H2,1-2H3. The first-order valence-corrected chi connectivity index (χ1v) is 6.76. The number of benzene rings is 1. The molecule has 0 radical (unpaired) electrons. The molecule has 0 saturated heterocycles. The zero-order valence-corrected chi connectivity index (χ0v) is 11.5. The molecule has 3 nitrogen and oxygen atoms in total. The number of aldehydes is 1. The summed E-state index contributed by atoms with van der Waals surface area (Å²) in [6, 6.07) is 7.63. The van der Waals surface area contributed by atoms with Gasteiger partial charge in [0.15, 0.2) is 12.1 Å². The molecule has 0 saturated carbocycles. The van der Waals surface area contributed by atoms with Crippen molar-refractivity contribution < 1.29 is 9.59 Å². The molecule has 0 N–H and O–H groups in total. The number of ketones is 1. The van der Waals surface area contributed by atoms with Crippen molar-refractivity contribution in [3.05, 3.63) is 35.5 Å². The normalized spacial score (nSPS) is 10.8. The average molecular weight is 257 g/mol. The Hall–Kier alpha value is -1.90. The number of para-hydroxylation sites is 1. The van der Waals surface area contributed by atoms with Crippen molar-refractivity contribution in [2.75, 3.05) is 0 Å². The van der Waals surface area contributed by atoms with Crippen molar-refractivity contribution in [2.45, 2.75) is 32.6 Å². The molecule has 0 unspecified atom stereocenters. The van der Waals surface area contributed by atoms with Crippen LogP contribution in [0.2, 0.25) is 0 Å². The van der Waals surface area contributed by atoms with Gasteiger partial charge in [0.1, 0.15) is 0 Å². The highest BCUT2D eigenvalue weighted by molar-refractivity contribution is 6.10. The summed E-state index contributed by atoms with van der Waals surface area (Å²) in [7, 11) is 1.85. The van der Waals surface area contributed by atoms with Gasteiger partial charge in [0.2, 0.25) is 0 Å². The van der Waals surface area contributed by atoms with Crippen molar-refractivity contribution in [3.63, 3.8) is 0 Å². The lowest BCUT2D eigenvalue weighted by molar-refractivity contribution is 0.0965. The Balaban J connectivity index is 2.44. The van der Waals surface area contributed by atoms with Crippen molar-refractivity contribution in [2.24, 2.45) is 7.05 Å². The van der Waals surface area contributed by atoms with E-state index in [4.69, 9.17) is 0 Å². The van der Waals surface area contributed by atoms with Gasteiger partial charge in [0.25, 0.3) is 0 Å². The van der Waals surface area contributed by atoms with Gasteiger partial charge in [0, 0.05) is 24.4 Å². The van der Waals surface area contributed by atoms with E-state index in [1.807, 2.05) is 35.9 Å². The highest BCUT2D eigenvalue weighted by Gasteiger charge is 2.19. The summed E-state index contributed by atoms with van der Waals surface area (Å²) in [5.74, 6) is 0.0641. The predicted molar refractivity (Wildman–Crippen MR) is 76.8 cm³/mol. The zero-order chi connectivity index (χ0) is 13.8. The van der Waals surface area contributed by atoms with Crippen molar-refractivity contribution in [3.8, 4) is 0 Å². The Morgan fingerprint density at radius 1 is 1.26 bits per heavy atom. The molecule has 19 heavy (non-hydrogen) atoms. The number of nitrogens with zero attached hydrogens (tertiary/aromatic N) is 1. The summed E-state index contributed by atoms with van der Waals surface area (Å²) in [4.78, 5) is 23.6. The quantitative estimate of drug-likeness (QED) is 0.449. The van der Waals surface area contributed by atoms with Crippen LogP contribution in [-0.2, 0) is 7.05 Å². The summed E-state index contributed by atoms with van der Waals surface area (Å²) in [5.41, 5.74) is 2.01. The minimum absolute atomic E-state index is 0.0641. The van der Waals surface area contributed by atoms with E-state index in [0.717, 1.165) is 36.5 Å². The fourth-order valence-electron chi connectivity index (χ4n) is 2.53. The van der Waals surface area contributed by atoms with Gasteiger partial charge < -0.3 is 4.57 Å². The number of rotatable bonds is 6. The van der Waals surface area contributed by atoms with Crippen molar-refractivity contribution in [1.82, 2.24) is 4.57 Å². The molecule has 3 heteroatoms. The highest BCUT2D eigenvalue weighted by atomic mass is 16.1. The number of aryl methyl sites for hydroxylation is 1. The second kappa shape index (κ2) is 5.83. The van der Waals surface area contributed by atoms with Crippen molar-refractivity contribution in [1.29, 1.82) is 0 Å². The fourth-order valence-corrected chi connectivity index (χ4v) is 2.53. The van der Waals surface area contributed by atoms with Crippen LogP contribution in [0, 0.1) is 0 Å². The first-order chi connectivity index (χ1) is 9.20. The summed E-state index contributed by atoms with van der Waals surface area (Å²) < 4.78 is 1.84. The number of unbranched alkanes of at least 4 members (excludes halogenated alkanes) is 2. The van der Waals surface area contributed by atoms with E-state index in [1.165, 1.54) is 0 Å². The van der Waals surface area contributed by atoms with Gasteiger partial charge in [0.05, 0.1) is 11.3 Å². The average Bonchev–Trinajstić information content (AvgIpc) is 2.72. The Labute approximate surface area is 113 Å². The minimum atomic E-state index is 0.0641. The van der Waals surface area contributed by atoms with Gasteiger partial charge in [-0.15, -0.1) is 0 Å². The third-order valence-electron chi connectivity index (χ3n) is 3.54. The number of hydrogen-bond acceptors (Lipinski definition) is 2. The van der Waals surface area contributed by atoms with Gasteiger partial charge in [-0.05, 0) is 12.5 Å². The van der Waals surface area contributed by atoms with Crippen LogP contribution in [0.4, 0.5) is 0 Å². The van der Waals surface area contributed by atoms with E-state index in [2.05, 4.69) is 6.92 Å². The maximum atomic E-state index is 12.3. The van der Waals surface area contributed by atoms with Gasteiger partial charge in [-0.2, -0.15) is 0 Å². The molecular formula is C16H19NO2. The summed E-state index contributed by atoms with van der Waals surface area (Å²) in [6.45, 7) is 2.11. The lowest BCUT2D eigenvalue weighted by Gasteiger charge is -2.04. The van der Waals surface area contributed by atoms with E-state index in [0.29, 0.717) is 17.7 Å². The molecule has 0 atom stereocenters.